The van der Waals surface area contributed by atoms with Crippen LogP contribution < -0.4 is 11.1 Å². The molecular weight excluding hydrogens is 142 g/mol. The minimum absolute atomic E-state index is 0.556. The van der Waals surface area contributed by atoms with Crippen LogP contribution in [0.1, 0.15) is 5.56 Å². The first-order valence-electron chi connectivity index (χ1n) is 3.17. The molecule has 0 radical (unpaired) electrons. The lowest BCUT2D eigenvalue weighted by Crippen LogP contribution is -2.19. The molecule has 0 fully saturated rings. The van der Waals surface area contributed by atoms with Crippen molar-refractivity contribution in [2.45, 2.75) is 6.92 Å². The number of primary amides is 1. The van der Waals surface area contributed by atoms with E-state index >= 15 is 0 Å². The van der Waals surface area contributed by atoms with Crippen molar-refractivity contribution in [3.05, 3.63) is 24.0 Å². The van der Waals surface area contributed by atoms with Gasteiger partial charge in [-0.1, -0.05) is 0 Å². The normalized spacial score (nSPS) is 9.18. The number of amides is 2. The average Bonchev–Trinajstić information content (AvgIpc) is 1.93. The van der Waals surface area contributed by atoms with E-state index in [0.29, 0.717) is 5.69 Å². The van der Waals surface area contributed by atoms with Gasteiger partial charge >= 0.3 is 6.03 Å². The third-order valence-electron chi connectivity index (χ3n) is 1.28. The fraction of sp³-hybridized carbons (Fsp3) is 0.143. The lowest BCUT2D eigenvalue weighted by Gasteiger charge is -2.02. The second-order valence-corrected chi connectivity index (χ2v) is 2.18. The molecule has 0 aliphatic rings. The van der Waals surface area contributed by atoms with Crippen molar-refractivity contribution < 1.29 is 4.79 Å². The molecule has 0 aromatic carbocycles. The van der Waals surface area contributed by atoms with Crippen LogP contribution in [0.2, 0.25) is 0 Å². The first kappa shape index (κ1) is 7.53. The minimum atomic E-state index is -0.556. The molecule has 0 bridgehead atoms. The highest BCUT2D eigenvalue weighted by atomic mass is 16.2. The van der Waals surface area contributed by atoms with Crippen LogP contribution >= 0.6 is 0 Å². The molecule has 0 unspecified atom stereocenters. The van der Waals surface area contributed by atoms with E-state index in [0.717, 1.165) is 5.56 Å². The summed E-state index contributed by atoms with van der Waals surface area (Å²) in [5.41, 5.74) is 6.52. The summed E-state index contributed by atoms with van der Waals surface area (Å²) in [6.07, 6.45) is 3.25. The van der Waals surface area contributed by atoms with E-state index in [9.17, 15) is 4.79 Å². The van der Waals surface area contributed by atoms with E-state index in [-0.39, 0.29) is 0 Å². The Morgan fingerprint density at radius 1 is 1.73 bits per heavy atom. The van der Waals surface area contributed by atoms with E-state index in [1.807, 2.05) is 6.92 Å². The van der Waals surface area contributed by atoms with Gasteiger partial charge in [0.1, 0.15) is 0 Å². The zero-order valence-electron chi connectivity index (χ0n) is 6.16. The summed E-state index contributed by atoms with van der Waals surface area (Å²) >= 11 is 0. The summed E-state index contributed by atoms with van der Waals surface area (Å²) in [5, 5.41) is 2.47. The molecule has 1 aromatic heterocycles. The standard InChI is InChI=1S/C7H9N3O/c1-5-4-9-3-2-6(5)10-7(8)11/h2-4H,1H3,(H3,8,9,10,11). The number of hydrogen-bond donors (Lipinski definition) is 2. The van der Waals surface area contributed by atoms with Gasteiger partial charge in [-0.3, -0.25) is 4.98 Å². The molecule has 1 heterocycles. The first-order chi connectivity index (χ1) is 5.20. The van der Waals surface area contributed by atoms with Crippen LogP contribution in [-0.2, 0) is 0 Å². The highest BCUT2D eigenvalue weighted by molar-refractivity contribution is 5.88. The smallest absolute Gasteiger partial charge is 0.316 e. The number of anilines is 1. The summed E-state index contributed by atoms with van der Waals surface area (Å²) in [4.78, 5) is 14.3. The maximum atomic E-state index is 10.4. The minimum Gasteiger partial charge on any atom is -0.351 e. The average molecular weight is 151 g/mol. The van der Waals surface area contributed by atoms with Gasteiger partial charge in [0, 0.05) is 18.1 Å². The quantitative estimate of drug-likeness (QED) is 0.625. The lowest BCUT2D eigenvalue weighted by molar-refractivity contribution is 0.259. The number of hydrogen-bond acceptors (Lipinski definition) is 2. The van der Waals surface area contributed by atoms with Crippen molar-refractivity contribution in [1.82, 2.24) is 4.98 Å². The SMILES string of the molecule is Cc1cnccc1NC(N)=O. The van der Waals surface area contributed by atoms with Crippen molar-refractivity contribution in [2.75, 3.05) is 5.32 Å². The molecule has 3 N–H and O–H groups in total. The number of nitrogens with two attached hydrogens (primary N) is 1. The van der Waals surface area contributed by atoms with Crippen LogP contribution in [0.25, 0.3) is 0 Å². The third-order valence-corrected chi connectivity index (χ3v) is 1.28. The van der Waals surface area contributed by atoms with E-state index in [4.69, 9.17) is 5.73 Å². The molecule has 1 rings (SSSR count). The molecule has 1 aromatic rings. The van der Waals surface area contributed by atoms with Crippen LogP contribution in [0, 0.1) is 6.92 Å². The van der Waals surface area contributed by atoms with E-state index < -0.39 is 6.03 Å². The van der Waals surface area contributed by atoms with Gasteiger partial charge in [-0.2, -0.15) is 0 Å². The van der Waals surface area contributed by atoms with Gasteiger partial charge in [0.15, 0.2) is 0 Å². The van der Waals surface area contributed by atoms with Crippen LogP contribution in [0.4, 0.5) is 10.5 Å². The number of nitrogens with zero attached hydrogens (tertiary/aromatic N) is 1. The number of carbonyl (C=O) groups excluding carboxylic acids is 1. The Morgan fingerprint density at radius 2 is 2.45 bits per heavy atom. The Balaban J connectivity index is 2.86. The molecule has 0 aliphatic heterocycles. The van der Waals surface area contributed by atoms with Crippen molar-refractivity contribution in [1.29, 1.82) is 0 Å². The Labute approximate surface area is 64.4 Å². The van der Waals surface area contributed by atoms with Crippen molar-refractivity contribution in [3.63, 3.8) is 0 Å². The number of pyridine rings is 1. The fourth-order valence-corrected chi connectivity index (χ4v) is 0.746. The molecule has 0 aliphatic carbocycles. The maximum Gasteiger partial charge on any atom is 0.316 e. The summed E-state index contributed by atoms with van der Waals surface area (Å²) in [6.45, 7) is 1.85. The number of aromatic nitrogens is 1. The van der Waals surface area contributed by atoms with Crippen LogP contribution in [0.15, 0.2) is 18.5 Å². The van der Waals surface area contributed by atoms with Gasteiger partial charge < -0.3 is 11.1 Å². The van der Waals surface area contributed by atoms with Gasteiger partial charge in [-0.05, 0) is 18.6 Å². The first-order valence-corrected chi connectivity index (χ1v) is 3.17. The second-order valence-electron chi connectivity index (χ2n) is 2.18. The van der Waals surface area contributed by atoms with Crippen LogP contribution in [0.3, 0.4) is 0 Å². The van der Waals surface area contributed by atoms with E-state index in [1.165, 1.54) is 0 Å². The molecule has 0 atom stereocenters. The number of aryl methyl sites for hydroxylation is 1. The molecule has 2 amide bonds. The molecular formula is C7H9N3O. The van der Waals surface area contributed by atoms with Gasteiger partial charge in [0.25, 0.3) is 0 Å². The summed E-state index contributed by atoms with van der Waals surface area (Å²) in [6, 6.07) is 1.14. The summed E-state index contributed by atoms with van der Waals surface area (Å²) in [7, 11) is 0. The number of nitrogens with one attached hydrogen (secondary N) is 1. The molecule has 0 saturated carbocycles. The van der Waals surface area contributed by atoms with Gasteiger partial charge in [-0.25, -0.2) is 4.79 Å². The molecule has 4 heteroatoms. The van der Waals surface area contributed by atoms with Gasteiger partial charge in [0.05, 0.1) is 0 Å². The molecule has 0 spiro atoms. The third kappa shape index (κ3) is 1.93. The molecule has 4 nitrogen and oxygen atoms in total. The predicted octanol–water partition coefficient (Wildman–Crippen LogP) is 0.881. The Bertz CT molecular complexity index is 272. The topological polar surface area (TPSA) is 68.0 Å². The highest BCUT2D eigenvalue weighted by Gasteiger charge is 1.97. The molecule has 11 heavy (non-hydrogen) atoms. The lowest BCUT2D eigenvalue weighted by atomic mass is 10.3. The van der Waals surface area contributed by atoms with E-state index in [1.54, 1.807) is 18.5 Å². The Hall–Kier alpha value is -1.58. The van der Waals surface area contributed by atoms with Crippen molar-refractivity contribution >= 4 is 11.7 Å². The summed E-state index contributed by atoms with van der Waals surface area (Å²) < 4.78 is 0. The predicted molar refractivity (Wildman–Crippen MR) is 42.2 cm³/mol. The molecule has 0 saturated heterocycles. The summed E-state index contributed by atoms with van der Waals surface area (Å²) in [5.74, 6) is 0. The van der Waals surface area contributed by atoms with Crippen molar-refractivity contribution in [2.24, 2.45) is 5.73 Å². The monoisotopic (exact) mass is 151 g/mol. The van der Waals surface area contributed by atoms with Gasteiger partial charge in [-0.15, -0.1) is 0 Å². The van der Waals surface area contributed by atoms with E-state index in [2.05, 4.69) is 10.3 Å². The number of urea groups is 1. The maximum absolute atomic E-state index is 10.4. The number of carbonyl (C=O) groups is 1. The highest BCUT2D eigenvalue weighted by Crippen LogP contribution is 2.10. The Kier molecular flexibility index (Phi) is 2.06. The van der Waals surface area contributed by atoms with Crippen LogP contribution in [0.5, 0.6) is 0 Å². The fourth-order valence-electron chi connectivity index (χ4n) is 0.746. The zero-order chi connectivity index (χ0) is 8.27. The van der Waals surface area contributed by atoms with Crippen LogP contribution in [-0.4, -0.2) is 11.0 Å². The van der Waals surface area contributed by atoms with Crippen molar-refractivity contribution in [3.8, 4) is 0 Å². The second kappa shape index (κ2) is 3.01. The van der Waals surface area contributed by atoms with Gasteiger partial charge in [0.2, 0.25) is 0 Å². The largest absolute Gasteiger partial charge is 0.351 e. The zero-order valence-corrected chi connectivity index (χ0v) is 6.16. The Morgan fingerprint density at radius 3 is 3.00 bits per heavy atom. The molecule has 58 valence electrons. The number of rotatable bonds is 1.